The van der Waals surface area contributed by atoms with Crippen LogP contribution in [0.2, 0.25) is 0 Å². The molecule has 3 heteroatoms. The summed E-state index contributed by atoms with van der Waals surface area (Å²) in [7, 11) is 0. The highest BCUT2D eigenvalue weighted by atomic mass is 16.2. The molecule has 3 saturated carbocycles. The van der Waals surface area contributed by atoms with Gasteiger partial charge in [-0.2, -0.15) is 0 Å². The molecule has 42 heavy (non-hydrogen) atoms. The van der Waals surface area contributed by atoms with E-state index in [0.29, 0.717) is 24.3 Å². The minimum absolute atomic E-state index is 0.109. The van der Waals surface area contributed by atoms with E-state index in [9.17, 15) is 4.79 Å². The molecule has 7 atom stereocenters. The summed E-state index contributed by atoms with van der Waals surface area (Å²) >= 11 is 0. The third-order valence-corrected chi connectivity index (χ3v) is 14.6. The predicted octanol–water partition coefficient (Wildman–Crippen LogP) is 8.73. The van der Waals surface area contributed by atoms with E-state index in [2.05, 4.69) is 95.0 Å². The van der Waals surface area contributed by atoms with E-state index in [-0.39, 0.29) is 38.4 Å². The number of nitrogens with one attached hydrogen (secondary N) is 2. The third-order valence-electron chi connectivity index (χ3n) is 14.6. The summed E-state index contributed by atoms with van der Waals surface area (Å²) < 4.78 is 0. The van der Waals surface area contributed by atoms with Crippen LogP contribution in [0, 0.1) is 57.2 Å². The van der Waals surface area contributed by atoms with Crippen molar-refractivity contribution in [1.29, 1.82) is 0 Å². The van der Waals surface area contributed by atoms with Crippen LogP contribution in [0.1, 0.15) is 111 Å². The van der Waals surface area contributed by atoms with Crippen LogP contribution in [-0.4, -0.2) is 17.4 Å². The summed E-state index contributed by atoms with van der Waals surface area (Å²) in [6.45, 7) is 18.2. The van der Waals surface area contributed by atoms with Gasteiger partial charge in [-0.15, -0.1) is 6.42 Å². The fourth-order valence-corrected chi connectivity index (χ4v) is 12.2. The van der Waals surface area contributed by atoms with E-state index in [0.717, 1.165) is 44.9 Å². The maximum Gasteiger partial charge on any atom is 0.227 e. The molecule has 3 nitrogen and oxygen atoms in total. The molecule has 5 aliphatic carbocycles. The van der Waals surface area contributed by atoms with Crippen LogP contribution in [0.5, 0.6) is 0 Å². The van der Waals surface area contributed by atoms with E-state index in [4.69, 9.17) is 6.42 Å². The topological polar surface area (TPSA) is 44.9 Å². The van der Waals surface area contributed by atoms with Gasteiger partial charge < -0.3 is 10.3 Å². The molecular formula is C39H52N2O. The second kappa shape index (κ2) is 8.80. The maximum atomic E-state index is 13.9. The third kappa shape index (κ3) is 3.45. The molecule has 0 saturated heterocycles. The summed E-state index contributed by atoms with van der Waals surface area (Å²) in [4.78, 5) is 17.8. The lowest BCUT2D eigenvalue weighted by atomic mass is 9.33. The molecule has 1 aromatic heterocycles. The molecule has 1 amide bonds. The quantitative estimate of drug-likeness (QED) is 0.278. The van der Waals surface area contributed by atoms with Crippen molar-refractivity contribution in [2.75, 3.05) is 6.54 Å². The molecular weight excluding hydrogens is 512 g/mol. The van der Waals surface area contributed by atoms with E-state index in [1.807, 2.05) is 0 Å². The molecule has 0 aliphatic heterocycles. The molecule has 5 aliphatic rings. The van der Waals surface area contributed by atoms with Gasteiger partial charge in [0.15, 0.2) is 0 Å². The number of aromatic amines is 1. The average molecular weight is 565 g/mol. The Kier molecular flexibility index (Phi) is 5.93. The number of allylic oxidation sites excluding steroid dienone is 2. The first-order valence-corrected chi connectivity index (χ1v) is 16.8. The lowest BCUT2D eigenvalue weighted by Gasteiger charge is -2.70. The molecule has 0 spiro atoms. The van der Waals surface area contributed by atoms with Gasteiger partial charge in [-0.3, -0.25) is 4.79 Å². The highest BCUT2D eigenvalue weighted by molar-refractivity contribution is 5.86. The van der Waals surface area contributed by atoms with Crippen LogP contribution in [0.3, 0.4) is 0 Å². The number of para-hydroxylation sites is 1. The Hall–Kier alpha value is -2.47. The van der Waals surface area contributed by atoms with Gasteiger partial charge in [0.25, 0.3) is 0 Å². The van der Waals surface area contributed by atoms with Gasteiger partial charge in [-0.05, 0) is 109 Å². The summed E-state index contributed by atoms with van der Waals surface area (Å²) in [6, 6.07) is 8.97. The van der Waals surface area contributed by atoms with E-state index in [1.165, 1.54) is 29.4 Å². The largest absolute Gasteiger partial charge is 0.358 e. The van der Waals surface area contributed by atoms with E-state index >= 15 is 0 Å². The number of amides is 1. The zero-order valence-corrected chi connectivity index (χ0v) is 27.2. The Balaban J connectivity index is 1.33. The van der Waals surface area contributed by atoms with Crippen LogP contribution in [-0.2, 0) is 16.6 Å². The average Bonchev–Trinajstić information content (AvgIpc) is 3.31. The normalized spacial score (nSPS) is 41.2. The number of carbonyl (C=O) groups is 1. The van der Waals surface area contributed by atoms with E-state index in [1.54, 1.807) is 11.1 Å². The Morgan fingerprint density at radius 2 is 1.74 bits per heavy atom. The van der Waals surface area contributed by atoms with Crippen molar-refractivity contribution in [1.82, 2.24) is 10.3 Å². The molecule has 7 rings (SSSR count). The minimum Gasteiger partial charge on any atom is -0.358 e. The fraction of sp³-hybridized carbons (Fsp3) is 0.667. The first-order valence-electron chi connectivity index (χ1n) is 16.8. The molecule has 1 heterocycles. The van der Waals surface area contributed by atoms with Crippen molar-refractivity contribution in [2.24, 2.45) is 44.8 Å². The van der Waals surface area contributed by atoms with E-state index < -0.39 is 0 Å². The van der Waals surface area contributed by atoms with Crippen LogP contribution in [0.4, 0.5) is 0 Å². The van der Waals surface area contributed by atoms with Crippen LogP contribution in [0.25, 0.3) is 10.9 Å². The molecule has 1 aromatic carbocycles. The number of carbonyl (C=O) groups excluding carboxylic acids is 1. The summed E-state index contributed by atoms with van der Waals surface area (Å²) in [5.41, 5.74) is 6.58. The van der Waals surface area contributed by atoms with Crippen molar-refractivity contribution < 1.29 is 4.79 Å². The molecule has 2 N–H and O–H groups in total. The Bertz CT molecular complexity index is 1530. The monoisotopic (exact) mass is 564 g/mol. The van der Waals surface area contributed by atoms with Crippen molar-refractivity contribution in [3.05, 3.63) is 47.2 Å². The Morgan fingerprint density at radius 3 is 2.50 bits per heavy atom. The predicted molar refractivity (Wildman–Crippen MR) is 173 cm³/mol. The molecule has 0 radical (unpaired) electrons. The van der Waals surface area contributed by atoms with Gasteiger partial charge in [0, 0.05) is 22.0 Å². The molecule has 0 bridgehead atoms. The van der Waals surface area contributed by atoms with Gasteiger partial charge in [-0.25, -0.2) is 0 Å². The smallest absolute Gasteiger partial charge is 0.227 e. The highest BCUT2D eigenvalue weighted by Crippen LogP contribution is 2.75. The Labute approximate surface area is 254 Å². The van der Waals surface area contributed by atoms with Crippen LogP contribution < -0.4 is 5.32 Å². The number of benzene rings is 1. The first-order chi connectivity index (χ1) is 19.7. The molecule has 0 unspecified atom stereocenters. The second-order valence-electron chi connectivity index (χ2n) is 17.2. The zero-order valence-electron chi connectivity index (χ0n) is 27.2. The number of fused-ring (bicyclic) bond motifs is 10. The number of rotatable bonds is 2. The number of hydrogen-bond donors (Lipinski definition) is 2. The van der Waals surface area contributed by atoms with Crippen LogP contribution >= 0.6 is 0 Å². The zero-order chi connectivity index (χ0) is 29.9. The van der Waals surface area contributed by atoms with Crippen molar-refractivity contribution in [2.45, 2.75) is 112 Å². The van der Waals surface area contributed by atoms with Crippen LogP contribution in [0.15, 0.2) is 35.9 Å². The van der Waals surface area contributed by atoms with Gasteiger partial charge in [0.05, 0.1) is 12.0 Å². The van der Waals surface area contributed by atoms with Gasteiger partial charge in [0.1, 0.15) is 0 Å². The highest BCUT2D eigenvalue weighted by Gasteiger charge is 2.69. The number of hydrogen-bond acceptors (Lipinski definition) is 1. The molecule has 2 aromatic rings. The summed E-state index contributed by atoms with van der Waals surface area (Å²) in [5.74, 6) is 4.45. The summed E-state index contributed by atoms with van der Waals surface area (Å²) in [6.07, 6.45) is 18.4. The number of terminal acetylenes is 1. The Morgan fingerprint density at radius 1 is 1.00 bits per heavy atom. The SMILES string of the molecule is C#CCNC(=O)[C@]12CCC(C)(C)C[C@@H]1C1=CC[C@@H]3[C@@]4(C)Cc5c([nH]c6ccccc56)C(C)(C)[C@@H]4CC[C@@]3(C)[C@]1(C)CC2. The van der Waals surface area contributed by atoms with Gasteiger partial charge >= 0.3 is 0 Å². The molecule has 3 fully saturated rings. The van der Waals surface area contributed by atoms with Crippen molar-refractivity contribution >= 4 is 16.8 Å². The molecule has 224 valence electrons. The lowest BCUT2D eigenvalue weighted by Crippen LogP contribution is -2.65. The number of H-pyrrole nitrogens is 1. The summed E-state index contributed by atoms with van der Waals surface area (Å²) in [5, 5.41) is 4.59. The van der Waals surface area contributed by atoms with Gasteiger partial charge in [0.2, 0.25) is 5.91 Å². The van der Waals surface area contributed by atoms with Gasteiger partial charge in [-0.1, -0.05) is 84.2 Å². The van der Waals surface area contributed by atoms with Crippen molar-refractivity contribution in [3.63, 3.8) is 0 Å². The second-order valence-corrected chi connectivity index (χ2v) is 17.2. The lowest BCUT2D eigenvalue weighted by molar-refractivity contribution is -0.167. The minimum atomic E-state index is -0.312. The fourth-order valence-electron chi connectivity index (χ4n) is 12.2. The standard InChI is InChI=1S/C39H52N2O/c1-9-22-40-33(42)39-20-18-34(2,3)24-28(39)27-14-15-31-36(6)23-26-25-12-10-11-13-29(25)41-32(26)35(4,5)30(36)16-17-38(31,8)37(27,7)19-21-39/h1,10-14,28,30-31,41H,15-24H2,2-8H3,(H,40,42)/t28-,30+,31-,36+,37-,38-,39+/m1/s1. The first kappa shape index (κ1) is 28.3. The number of aromatic nitrogens is 1. The maximum absolute atomic E-state index is 13.9. The van der Waals surface area contributed by atoms with Crippen molar-refractivity contribution in [3.8, 4) is 12.3 Å².